The van der Waals surface area contributed by atoms with Crippen LogP contribution in [0.25, 0.3) is 0 Å². The van der Waals surface area contributed by atoms with Crippen LogP contribution in [0.3, 0.4) is 0 Å². The zero-order valence-corrected chi connectivity index (χ0v) is 16.9. The van der Waals surface area contributed by atoms with Crippen molar-refractivity contribution < 1.29 is 19.4 Å². The Morgan fingerprint density at radius 2 is 1.13 bits per heavy atom. The highest BCUT2D eigenvalue weighted by atomic mass is 35.5. The Hall–Kier alpha value is -3.24. The van der Waals surface area contributed by atoms with Gasteiger partial charge in [-0.2, -0.15) is 0 Å². The van der Waals surface area contributed by atoms with Gasteiger partial charge >= 0.3 is 0 Å². The number of unbranched alkanes of at least 4 members (excludes halogenated alkanes) is 1. The predicted molar refractivity (Wildman–Crippen MR) is 110 cm³/mol. The molecule has 0 aromatic heterocycles. The topological polar surface area (TPSA) is 144 Å². The molecule has 0 atom stereocenters. The molecule has 0 radical (unpaired) electrons. The van der Waals surface area contributed by atoms with Crippen LogP contribution in [0.5, 0.6) is 0 Å². The molecule has 0 saturated heterocycles. The Morgan fingerprint density at radius 3 is 1.43 bits per heavy atom. The van der Waals surface area contributed by atoms with E-state index in [9.17, 15) is 29.8 Å². The lowest BCUT2D eigenvalue weighted by molar-refractivity contribution is -0.385. The maximum atomic E-state index is 12.1. The van der Waals surface area contributed by atoms with E-state index in [0.29, 0.717) is 25.9 Å². The molecular formula is C18H16Cl2N4O6. The first-order valence-corrected chi connectivity index (χ1v) is 9.40. The van der Waals surface area contributed by atoms with Crippen molar-refractivity contribution in [2.75, 3.05) is 13.1 Å². The van der Waals surface area contributed by atoms with Crippen LogP contribution in [0.2, 0.25) is 10.0 Å². The summed E-state index contributed by atoms with van der Waals surface area (Å²) in [6.45, 7) is 0.612. The fourth-order valence-electron chi connectivity index (χ4n) is 2.45. The third-order valence-corrected chi connectivity index (χ3v) is 4.62. The Kier molecular flexibility index (Phi) is 8.07. The minimum atomic E-state index is -0.605. The number of non-ortho nitro benzene ring substituents is 2. The summed E-state index contributed by atoms with van der Waals surface area (Å²) in [5.74, 6) is -0.923. The van der Waals surface area contributed by atoms with E-state index >= 15 is 0 Å². The second-order valence-corrected chi connectivity index (χ2v) is 6.88. The van der Waals surface area contributed by atoms with Gasteiger partial charge in [-0.25, -0.2) is 0 Å². The predicted octanol–water partition coefficient (Wildman–Crippen LogP) is 3.75. The largest absolute Gasteiger partial charge is 0.352 e. The molecule has 0 heterocycles. The first-order chi connectivity index (χ1) is 14.2. The molecule has 10 nitrogen and oxygen atoms in total. The van der Waals surface area contributed by atoms with Gasteiger partial charge in [-0.15, -0.1) is 0 Å². The summed E-state index contributed by atoms with van der Waals surface area (Å²) in [4.78, 5) is 44.3. The highest BCUT2D eigenvalue weighted by Gasteiger charge is 2.16. The van der Waals surface area contributed by atoms with Crippen LogP contribution in [-0.4, -0.2) is 34.8 Å². The van der Waals surface area contributed by atoms with Gasteiger partial charge in [0.1, 0.15) is 0 Å². The van der Waals surface area contributed by atoms with E-state index in [1.54, 1.807) is 0 Å². The molecule has 12 heteroatoms. The summed E-state index contributed by atoms with van der Waals surface area (Å²) in [5.41, 5.74) is -0.160. The van der Waals surface area contributed by atoms with E-state index in [4.69, 9.17) is 23.2 Å². The minimum absolute atomic E-state index is 0.0195. The number of carbonyl (C=O) groups is 2. The molecule has 0 aliphatic carbocycles. The number of benzene rings is 2. The molecule has 0 fully saturated rings. The van der Waals surface area contributed by atoms with Crippen LogP contribution in [0.4, 0.5) is 11.4 Å². The van der Waals surface area contributed by atoms with Crippen LogP contribution in [-0.2, 0) is 0 Å². The number of nitro benzene ring substituents is 2. The third-order valence-electron chi connectivity index (χ3n) is 3.99. The molecule has 0 spiro atoms. The number of rotatable bonds is 9. The van der Waals surface area contributed by atoms with Gasteiger partial charge in [0.2, 0.25) is 0 Å². The zero-order valence-electron chi connectivity index (χ0n) is 15.4. The number of hydrogen-bond donors (Lipinski definition) is 2. The lowest BCUT2D eigenvalue weighted by Gasteiger charge is -2.08. The van der Waals surface area contributed by atoms with Gasteiger partial charge in [0.05, 0.1) is 31.0 Å². The number of halogens is 2. The number of amides is 2. The van der Waals surface area contributed by atoms with Crippen LogP contribution in [0.1, 0.15) is 33.6 Å². The second-order valence-electron chi connectivity index (χ2n) is 6.06. The first kappa shape index (κ1) is 23.0. The van der Waals surface area contributed by atoms with Crippen molar-refractivity contribution in [2.24, 2.45) is 0 Å². The summed E-state index contributed by atoms with van der Waals surface area (Å²) in [6, 6.07) is 7.16. The van der Waals surface area contributed by atoms with Gasteiger partial charge in [-0.05, 0) is 25.0 Å². The van der Waals surface area contributed by atoms with Gasteiger partial charge in [0.15, 0.2) is 0 Å². The molecule has 30 heavy (non-hydrogen) atoms. The third kappa shape index (κ3) is 6.13. The lowest BCUT2D eigenvalue weighted by atomic mass is 10.2. The van der Waals surface area contributed by atoms with Crippen molar-refractivity contribution in [1.29, 1.82) is 0 Å². The molecular weight excluding hydrogens is 439 g/mol. The van der Waals surface area contributed by atoms with Crippen molar-refractivity contribution in [3.05, 3.63) is 77.8 Å². The van der Waals surface area contributed by atoms with Crippen molar-refractivity contribution >= 4 is 46.4 Å². The summed E-state index contributed by atoms with van der Waals surface area (Å²) in [6.07, 6.45) is 1.09. The van der Waals surface area contributed by atoms with E-state index in [2.05, 4.69) is 10.6 Å². The summed E-state index contributed by atoms with van der Waals surface area (Å²) in [5, 5.41) is 26.6. The summed E-state index contributed by atoms with van der Waals surface area (Å²) in [7, 11) is 0. The Balaban J connectivity index is 1.74. The average Bonchev–Trinajstić information content (AvgIpc) is 2.69. The molecule has 0 aliphatic heterocycles. The van der Waals surface area contributed by atoms with Gasteiger partial charge < -0.3 is 10.6 Å². The van der Waals surface area contributed by atoms with Crippen molar-refractivity contribution in [3.63, 3.8) is 0 Å². The molecule has 2 aromatic rings. The molecule has 2 rings (SSSR count). The molecule has 2 N–H and O–H groups in total. The number of nitro groups is 2. The van der Waals surface area contributed by atoms with Crippen LogP contribution >= 0.6 is 23.2 Å². The fraction of sp³-hybridized carbons (Fsp3) is 0.222. The molecule has 0 bridgehead atoms. The maximum Gasteiger partial charge on any atom is 0.270 e. The Bertz CT molecular complexity index is 919. The number of carbonyl (C=O) groups excluding carboxylic acids is 2. The molecule has 0 unspecified atom stereocenters. The van der Waals surface area contributed by atoms with E-state index in [-0.39, 0.29) is 32.5 Å². The smallest absolute Gasteiger partial charge is 0.270 e. The van der Waals surface area contributed by atoms with Gasteiger partial charge in [0.25, 0.3) is 23.2 Å². The molecule has 0 saturated carbocycles. The van der Waals surface area contributed by atoms with Crippen LogP contribution in [0.15, 0.2) is 36.4 Å². The number of hydrogen-bond acceptors (Lipinski definition) is 6. The number of nitrogens with zero attached hydrogens (tertiary/aromatic N) is 2. The fourth-order valence-corrected chi connectivity index (χ4v) is 2.97. The van der Waals surface area contributed by atoms with Crippen LogP contribution in [0, 0.1) is 20.2 Å². The molecule has 2 aromatic carbocycles. The summed E-state index contributed by atoms with van der Waals surface area (Å²) < 4.78 is 0. The Labute approximate surface area is 180 Å². The maximum absolute atomic E-state index is 12.1. The van der Waals surface area contributed by atoms with E-state index < -0.39 is 21.7 Å². The zero-order chi connectivity index (χ0) is 22.3. The highest BCUT2D eigenvalue weighted by molar-refractivity contribution is 6.34. The highest BCUT2D eigenvalue weighted by Crippen LogP contribution is 2.23. The summed E-state index contributed by atoms with van der Waals surface area (Å²) >= 11 is 11.8. The monoisotopic (exact) mass is 454 g/mol. The molecule has 2 amide bonds. The van der Waals surface area contributed by atoms with Crippen molar-refractivity contribution in [3.8, 4) is 0 Å². The van der Waals surface area contributed by atoms with E-state index in [0.717, 1.165) is 12.1 Å². The van der Waals surface area contributed by atoms with E-state index in [1.807, 2.05) is 0 Å². The van der Waals surface area contributed by atoms with Crippen molar-refractivity contribution in [1.82, 2.24) is 10.6 Å². The average molecular weight is 455 g/mol. The van der Waals surface area contributed by atoms with Gasteiger partial charge in [-0.3, -0.25) is 29.8 Å². The minimum Gasteiger partial charge on any atom is -0.352 e. The first-order valence-electron chi connectivity index (χ1n) is 8.65. The van der Waals surface area contributed by atoms with E-state index in [1.165, 1.54) is 24.3 Å². The SMILES string of the molecule is O=C(NCCCCNC(=O)c1ccc([N+](=O)[O-])cc1Cl)c1ccc([N+](=O)[O-])cc1Cl. The second kappa shape index (κ2) is 10.5. The standard InChI is InChI=1S/C18H16Cl2N4O6/c19-15-9-11(23(27)28)3-5-13(15)17(25)21-7-1-2-8-22-18(26)14-6-4-12(24(29)30)10-16(14)20/h3-6,9-10H,1-2,7-8H2,(H,21,25)(H,22,26). The van der Waals surface area contributed by atoms with Crippen molar-refractivity contribution in [2.45, 2.75) is 12.8 Å². The van der Waals surface area contributed by atoms with Crippen LogP contribution < -0.4 is 10.6 Å². The lowest BCUT2D eigenvalue weighted by Crippen LogP contribution is -2.27. The van der Waals surface area contributed by atoms with Gasteiger partial charge in [0, 0.05) is 37.4 Å². The number of nitrogens with one attached hydrogen (secondary N) is 2. The molecule has 158 valence electrons. The molecule has 0 aliphatic rings. The normalized spacial score (nSPS) is 10.3. The quantitative estimate of drug-likeness (QED) is 0.335. The van der Waals surface area contributed by atoms with Gasteiger partial charge in [-0.1, -0.05) is 23.2 Å². The Morgan fingerprint density at radius 1 is 0.767 bits per heavy atom.